The molecule has 14 heteroatoms. The zero-order valence-corrected chi connectivity index (χ0v) is 25.1. The summed E-state index contributed by atoms with van der Waals surface area (Å²) in [4.78, 5) is 81.3. The quantitative estimate of drug-likeness (QED) is 0.255. The molecule has 0 spiro atoms. The van der Waals surface area contributed by atoms with E-state index in [1.54, 1.807) is 20.8 Å². The van der Waals surface area contributed by atoms with E-state index in [1.165, 1.54) is 31.1 Å². The fourth-order valence-corrected chi connectivity index (χ4v) is 6.05. The van der Waals surface area contributed by atoms with Gasteiger partial charge in [-0.3, -0.25) is 28.8 Å². The van der Waals surface area contributed by atoms with Gasteiger partial charge in [-0.2, -0.15) is 0 Å². The average molecular weight is 603 g/mol. The normalized spacial score (nSPS) is 31.5. The van der Waals surface area contributed by atoms with Gasteiger partial charge in [0.05, 0.1) is 23.8 Å². The zero-order valence-electron chi connectivity index (χ0n) is 25.1. The van der Waals surface area contributed by atoms with Crippen LogP contribution in [0.25, 0.3) is 0 Å². The first-order valence-electron chi connectivity index (χ1n) is 14.8. The van der Waals surface area contributed by atoms with Crippen molar-refractivity contribution in [2.75, 3.05) is 6.54 Å². The van der Waals surface area contributed by atoms with Gasteiger partial charge in [0.15, 0.2) is 0 Å². The summed E-state index contributed by atoms with van der Waals surface area (Å²) in [5.74, 6) is -3.89. The second-order valence-corrected chi connectivity index (χ2v) is 12.1. The molecule has 2 aliphatic heterocycles. The summed E-state index contributed by atoms with van der Waals surface area (Å²) < 4.78 is 5.21. The fraction of sp³-hybridized carbons (Fsp3) is 0.655. The van der Waals surface area contributed by atoms with Crippen LogP contribution < -0.4 is 26.6 Å². The lowest BCUT2D eigenvalue weighted by Crippen LogP contribution is -2.62. The van der Waals surface area contributed by atoms with E-state index in [2.05, 4.69) is 26.6 Å². The molecular weight excluding hydrogens is 560 g/mol. The van der Waals surface area contributed by atoms with Crippen molar-refractivity contribution >= 4 is 35.4 Å². The molecule has 6 amide bonds. The molecule has 2 saturated heterocycles. The van der Waals surface area contributed by atoms with Gasteiger partial charge in [0.2, 0.25) is 29.5 Å². The van der Waals surface area contributed by atoms with Gasteiger partial charge in [0, 0.05) is 18.6 Å². The van der Waals surface area contributed by atoms with Gasteiger partial charge in [-0.25, -0.2) is 0 Å². The number of aryl methyl sites for hydroxylation is 1. The van der Waals surface area contributed by atoms with Gasteiger partial charge in [0.1, 0.15) is 29.9 Å². The zero-order chi connectivity index (χ0) is 31.6. The molecule has 43 heavy (non-hydrogen) atoms. The Morgan fingerprint density at radius 2 is 1.67 bits per heavy atom. The molecule has 3 heterocycles. The SMILES string of the molecule is Cc1occc1C(=O)N[C@H]1C[C@H]2C(=O)N[C@@H](C)C(=O)N[C@H]3CCC[C@@H]3C(=O)N[C@H](C(C)C)C(=O)N[C@@H]([C@@H](C)O)C(=O)N2C1. The third kappa shape index (κ3) is 7.00. The first-order valence-corrected chi connectivity index (χ1v) is 14.8. The summed E-state index contributed by atoms with van der Waals surface area (Å²) in [6.45, 7) is 7.88. The fourth-order valence-electron chi connectivity index (χ4n) is 6.05. The van der Waals surface area contributed by atoms with E-state index in [0.29, 0.717) is 30.6 Å². The lowest BCUT2D eigenvalue weighted by molar-refractivity contribution is -0.145. The minimum atomic E-state index is -1.45. The predicted molar refractivity (Wildman–Crippen MR) is 152 cm³/mol. The molecule has 4 rings (SSSR count). The molecule has 0 radical (unpaired) electrons. The number of carbonyl (C=O) groups excluding carboxylic acids is 6. The van der Waals surface area contributed by atoms with Crippen molar-refractivity contribution in [1.82, 2.24) is 31.5 Å². The van der Waals surface area contributed by atoms with Gasteiger partial charge >= 0.3 is 0 Å². The van der Waals surface area contributed by atoms with Crippen LogP contribution in [0.4, 0.5) is 0 Å². The smallest absolute Gasteiger partial charge is 0.255 e. The third-order valence-electron chi connectivity index (χ3n) is 8.55. The minimum absolute atomic E-state index is 0.0321. The number of furan rings is 1. The molecule has 1 aromatic heterocycles. The first-order chi connectivity index (χ1) is 20.3. The second kappa shape index (κ2) is 13.1. The lowest BCUT2D eigenvalue weighted by Gasteiger charge is -2.33. The molecule has 3 aliphatic rings. The number of nitrogens with one attached hydrogen (secondary N) is 5. The van der Waals surface area contributed by atoms with Crippen molar-refractivity contribution < 1.29 is 38.3 Å². The van der Waals surface area contributed by atoms with Gasteiger partial charge in [-0.1, -0.05) is 20.3 Å². The Labute approximate surface area is 250 Å². The van der Waals surface area contributed by atoms with Crippen LogP contribution in [0.2, 0.25) is 0 Å². The molecule has 0 bridgehead atoms. The number of fused-ring (bicyclic) bond motifs is 2. The number of hydrogen-bond acceptors (Lipinski definition) is 8. The molecule has 1 saturated carbocycles. The van der Waals surface area contributed by atoms with Crippen LogP contribution in [0.1, 0.15) is 69.5 Å². The maximum absolute atomic E-state index is 13.9. The van der Waals surface area contributed by atoms with Crippen molar-refractivity contribution in [3.05, 3.63) is 23.7 Å². The number of amides is 6. The summed E-state index contributed by atoms with van der Waals surface area (Å²) >= 11 is 0. The molecule has 0 unspecified atom stereocenters. The molecule has 0 aromatic carbocycles. The highest BCUT2D eigenvalue weighted by Crippen LogP contribution is 2.27. The molecule has 1 aliphatic carbocycles. The van der Waals surface area contributed by atoms with Crippen LogP contribution in [0.5, 0.6) is 0 Å². The summed E-state index contributed by atoms with van der Waals surface area (Å²) in [6.07, 6.45) is 1.84. The van der Waals surface area contributed by atoms with E-state index in [1.807, 2.05) is 0 Å². The van der Waals surface area contributed by atoms with Crippen molar-refractivity contribution in [1.29, 1.82) is 0 Å². The molecule has 6 N–H and O–H groups in total. The lowest BCUT2D eigenvalue weighted by atomic mass is 9.98. The van der Waals surface area contributed by atoms with Crippen LogP contribution in [-0.4, -0.2) is 94.3 Å². The maximum atomic E-state index is 13.9. The third-order valence-corrected chi connectivity index (χ3v) is 8.55. The Bertz CT molecular complexity index is 1260. The average Bonchev–Trinajstić information content (AvgIpc) is 3.68. The molecule has 14 nitrogen and oxygen atoms in total. The summed E-state index contributed by atoms with van der Waals surface area (Å²) in [7, 11) is 0. The van der Waals surface area contributed by atoms with Crippen molar-refractivity contribution in [3.8, 4) is 0 Å². The molecule has 1 aromatic rings. The van der Waals surface area contributed by atoms with Crippen LogP contribution in [0.15, 0.2) is 16.7 Å². The Hall–Kier alpha value is -3.94. The van der Waals surface area contributed by atoms with Crippen LogP contribution in [0.3, 0.4) is 0 Å². The standard InChI is InChI=1S/C29H42N6O8/c1-13(2)22-28(41)34-23(15(4)36)29(42)35-12-17(31-25(38)18-9-10-43-16(18)5)11-21(35)27(40)30-14(3)24(37)32-20-8-6-7-19(20)26(39)33-22/h9-10,13-15,17,19-23,36H,6-8,11-12H2,1-5H3,(H,30,40)(H,31,38)(H,32,37)(H,33,39)(H,34,41)/t14-,15+,17-,19-,20-,21-,22+,23-/m0/s1. The number of hydrogen-bond donors (Lipinski definition) is 6. The maximum Gasteiger partial charge on any atom is 0.255 e. The Morgan fingerprint density at radius 3 is 2.30 bits per heavy atom. The summed E-state index contributed by atoms with van der Waals surface area (Å²) in [6, 6.07) is -4.18. The largest absolute Gasteiger partial charge is 0.469 e. The summed E-state index contributed by atoms with van der Waals surface area (Å²) in [5, 5.41) is 24.3. The minimum Gasteiger partial charge on any atom is -0.469 e. The topological polar surface area (TPSA) is 199 Å². The Morgan fingerprint density at radius 1 is 0.977 bits per heavy atom. The highest BCUT2D eigenvalue weighted by Gasteiger charge is 2.45. The van der Waals surface area contributed by atoms with Crippen molar-refractivity contribution in [2.45, 2.75) is 103 Å². The number of aliphatic hydroxyl groups excluding tert-OH is 1. The van der Waals surface area contributed by atoms with Gasteiger partial charge in [0.25, 0.3) is 5.91 Å². The second-order valence-electron chi connectivity index (χ2n) is 12.1. The van der Waals surface area contributed by atoms with E-state index in [4.69, 9.17) is 4.42 Å². The molecule has 8 atom stereocenters. The first kappa shape index (κ1) is 32.0. The van der Waals surface area contributed by atoms with Gasteiger partial charge < -0.3 is 41.0 Å². The highest BCUT2D eigenvalue weighted by atomic mass is 16.3. The van der Waals surface area contributed by atoms with E-state index in [9.17, 15) is 33.9 Å². The number of aliphatic hydroxyl groups is 1. The highest BCUT2D eigenvalue weighted by molar-refractivity contribution is 5.98. The van der Waals surface area contributed by atoms with Crippen LogP contribution in [0, 0.1) is 18.8 Å². The number of carbonyl (C=O) groups is 6. The Kier molecular flexibility index (Phi) is 9.78. The Balaban J connectivity index is 1.66. The van der Waals surface area contributed by atoms with E-state index in [0.717, 1.165) is 0 Å². The summed E-state index contributed by atoms with van der Waals surface area (Å²) in [5.41, 5.74) is 0.308. The van der Waals surface area contributed by atoms with Gasteiger partial charge in [-0.05, 0) is 52.0 Å². The van der Waals surface area contributed by atoms with Gasteiger partial charge in [-0.15, -0.1) is 0 Å². The molecular formula is C29H42N6O8. The van der Waals surface area contributed by atoms with Crippen molar-refractivity contribution in [3.63, 3.8) is 0 Å². The molecule has 3 fully saturated rings. The van der Waals surface area contributed by atoms with E-state index < -0.39 is 83.7 Å². The van der Waals surface area contributed by atoms with E-state index >= 15 is 0 Å². The van der Waals surface area contributed by atoms with Crippen LogP contribution in [-0.2, 0) is 24.0 Å². The van der Waals surface area contributed by atoms with Crippen molar-refractivity contribution in [2.24, 2.45) is 11.8 Å². The van der Waals surface area contributed by atoms with E-state index in [-0.39, 0.29) is 18.9 Å². The number of nitrogens with zero attached hydrogens (tertiary/aromatic N) is 1. The molecule has 236 valence electrons. The van der Waals surface area contributed by atoms with Crippen LogP contribution >= 0.6 is 0 Å². The monoisotopic (exact) mass is 602 g/mol. The number of rotatable bonds is 4. The predicted octanol–water partition coefficient (Wildman–Crippen LogP) is -0.903.